The molecule has 23 heavy (non-hydrogen) atoms. The van der Waals surface area contributed by atoms with E-state index < -0.39 is 11.7 Å². The van der Waals surface area contributed by atoms with Gasteiger partial charge in [-0.25, -0.2) is 0 Å². The summed E-state index contributed by atoms with van der Waals surface area (Å²) < 4.78 is 5.31. The lowest BCUT2D eigenvalue weighted by Gasteiger charge is -2.23. The molecule has 0 radical (unpaired) electrons. The van der Waals surface area contributed by atoms with Gasteiger partial charge in [-0.05, 0) is 6.07 Å². The number of aromatic nitrogens is 1. The van der Waals surface area contributed by atoms with Crippen molar-refractivity contribution in [2.45, 2.75) is 6.42 Å². The summed E-state index contributed by atoms with van der Waals surface area (Å²) in [6, 6.07) is 7.47. The van der Waals surface area contributed by atoms with E-state index in [1.165, 1.54) is 4.90 Å². The van der Waals surface area contributed by atoms with Crippen LogP contribution in [0.15, 0.2) is 30.5 Å². The smallest absolute Gasteiger partial charge is 0.292 e. The van der Waals surface area contributed by atoms with Crippen molar-refractivity contribution in [1.82, 2.24) is 10.3 Å². The van der Waals surface area contributed by atoms with Crippen LogP contribution in [0.2, 0.25) is 0 Å². The summed E-state index contributed by atoms with van der Waals surface area (Å²) in [5.41, 5.74) is 1.29. The Hall–Kier alpha value is -2.18. The number of carbonyl (C=O) groups excluding carboxylic acids is 2. The minimum atomic E-state index is -0.535. The Kier molecular flexibility index (Phi) is 5.05. The van der Waals surface area contributed by atoms with Crippen LogP contribution in [-0.2, 0) is 9.53 Å². The Balaban J connectivity index is 1.49. The molecule has 1 aliphatic rings. The zero-order valence-electron chi connectivity index (χ0n) is 13.1. The van der Waals surface area contributed by atoms with E-state index in [4.69, 9.17) is 4.74 Å². The number of para-hydroxylation sites is 1. The van der Waals surface area contributed by atoms with Crippen LogP contribution in [0.3, 0.4) is 0 Å². The van der Waals surface area contributed by atoms with Gasteiger partial charge in [0.15, 0.2) is 0 Å². The van der Waals surface area contributed by atoms with Crippen LogP contribution in [0.4, 0.5) is 0 Å². The van der Waals surface area contributed by atoms with Crippen LogP contribution in [-0.4, -0.2) is 56.1 Å². The van der Waals surface area contributed by atoms with Gasteiger partial charge in [-0.2, -0.15) is 0 Å². The van der Waals surface area contributed by atoms with Gasteiger partial charge < -0.3 is 19.9 Å². The molecule has 1 saturated heterocycles. The molecular weight excluding hydrogens is 294 g/mol. The number of hydrogen-bond acceptors (Lipinski definition) is 3. The molecule has 3 N–H and O–H groups in total. The van der Waals surface area contributed by atoms with Gasteiger partial charge in [-0.3, -0.25) is 9.59 Å². The number of aromatic amines is 1. The van der Waals surface area contributed by atoms with Gasteiger partial charge in [-0.15, -0.1) is 0 Å². The number of carbonyl (C=O) groups is 2. The van der Waals surface area contributed by atoms with Crippen LogP contribution in [0.25, 0.3) is 10.9 Å². The van der Waals surface area contributed by atoms with Gasteiger partial charge in [0.25, 0.3) is 11.7 Å². The number of fused-ring (bicyclic) bond motifs is 1. The average Bonchev–Trinajstić information content (AvgIpc) is 3.03. The Morgan fingerprint density at radius 3 is 2.83 bits per heavy atom. The van der Waals surface area contributed by atoms with E-state index in [2.05, 4.69) is 10.3 Å². The molecule has 0 bridgehead atoms. The summed E-state index contributed by atoms with van der Waals surface area (Å²) in [4.78, 5) is 28.8. The number of ketones is 1. The first-order valence-corrected chi connectivity index (χ1v) is 8.05. The number of rotatable bonds is 6. The zero-order valence-corrected chi connectivity index (χ0v) is 13.1. The van der Waals surface area contributed by atoms with Crippen molar-refractivity contribution in [3.05, 3.63) is 36.0 Å². The topological polar surface area (TPSA) is 75.6 Å². The third-order valence-electron chi connectivity index (χ3n) is 4.23. The summed E-state index contributed by atoms with van der Waals surface area (Å²) in [7, 11) is 0. The van der Waals surface area contributed by atoms with E-state index in [9.17, 15) is 9.59 Å². The van der Waals surface area contributed by atoms with Gasteiger partial charge >= 0.3 is 0 Å². The van der Waals surface area contributed by atoms with Crippen LogP contribution in [0.1, 0.15) is 16.8 Å². The molecule has 1 aliphatic heterocycles. The zero-order chi connectivity index (χ0) is 16.1. The van der Waals surface area contributed by atoms with E-state index in [1.54, 1.807) is 6.20 Å². The van der Waals surface area contributed by atoms with Crippen molar-refractivity contribution >= 4 is 22.6 Å². The molecule has 6 heteroatoms. The fourth-order valence-electron chi connectivity index (χ4n) is 2.91. The highest BCUT2D eigenvalue weighted by atomic mass is 16.5. The summed E-state index contributed by atoms with van der Waals surface area (Å²) >= 11 is 0. The molecule has 1 aromatic carbocycles. The average molecular weight is 316 g/mol. The molecule has 0 aliphatic carbocycles. The lowest BCUT2D eigenvalue weighted by atomic mass is 10.1. The number of benzene rings is 1. The number of amides is 1. The van der Waals surface area contributed by atoms with E-state index in [-0.39, 0.29) is 0 Å². The molecule has 3 rings (SSSR count). The van der Waals surface area contributed by atoms with Gasteiger partial charge in [0.2, 0.25) is 0 Å². The maximum Gasteiger partial charge on any atom is 0.292 e. The van der Waals surface area contributed by atoms with Gasteiger partial charge in [0, 0.05) is 30.1 Å². The van der Waals surface area contributed by atoms with Crippen molar-refractivity contribution in [3.63, 3.8) is 0 Å². The second-order valence-corrected chi connectivity index (χ2v) is 5.80. The number of morpholine rings is 1. The van der Waals surface area contributed by atoms with E-state index >= 15 is 0 Å². The van der Waals surface area contributed by atoms with Gasteiger partial charge in [-0.1, -0.05) is 18.2 Å². The SMILES string of the molecule is O=C(NCCC[NH+]1CCOCC1)C(=O)c1c[nH]c2ccccc12. The Morgan fingerprint density at radius 2 is 2.00 bits per heavy atom. The highest BCUT2D eigenvalue weighted by Crippen LogP contribution is 2.17. The third kappa shape index (κ3) is 3.78. The summed E-state index contributed by atoms with van der Waals surface area (Å²) in [6.07, 6.45) is 2.46. The lowest BCUT2D eigenvalue weighted by molar-refractivity contribution is -0.908. The largest absolute Gasteiger partial charge is 0.370 e. The normalized spacial score (nSPS) is 15.7. The molecule has 2 heterocycles. The fraction of sp³-hybridized carbons (Fsp3) is 0.412. The molecule has 2 aromatic rings. The number of nitrogens with one attached hydrogen (secondary N) is 3. The minimum absolute atomic E-state index is 0.428. The molecule has 1 aromatic heterocycles. The first-order chi connectivity index (χ1) is 11.3. The monoisotopic (exact) mass is 316 g/mol. The van der Waals surface area contributed by atoms with Crippen LogP contribution in [0, 0.1) is 0 Å². The lowest BCUT2D eigenvalue weighted by Crippen LogP contribution is -3.14. The maximum absolute atomic E-state index is 12.3. The van der Waals surface area contributed by atoms with Crippen LogP contribution in [0.5, 0.6) is 0 Å². The number of ether oxygens (including phenoxy) is 1. The van der Waals surface area contributed by atoms with E-state index in [0.29, 0.717) is 12.1 Å². The van der Waals surface area contributed by atoms with Crippen molar-refractivity contribution in [2.75, 3.05) is 39.4 Å². The van der Waals surface area contributed by atoms with E-state index in [1.807, 2.05) is 24.3 Å². The number of H-pyrrole nitrogens is 1. The standard InChI is InChI=1S/C17H21N3O3/c21-16(14-12-19-15-5-2-1-4-13(14)15)17(22)18-6-3-7-20-8-10-23-11-9-20/h1-2,4-5,12,19H,3,6-11H2,(H,18,22)/p+1. The molecule has 0 atom stereocenters. The number of hydrogen-bond donors (Lipinski definition) is 3. The molecule has 1 amide bonds. The molecule has 122 valence electrons. The summed E-state index contributed by atoms with van der Waals surface area (Å²) in [6.45, 7) is 5.16. The van der Waals surface area contributed by atoms with Crippen molar-refractivity contribution in [1.29, 1.82) is 0 Å². The highest BCUT2D eigenvalue weighted by Gasteiger charge is 2.19. The third-order valence-corrected chi connectivity index (χ3v) is 4.23. The van der Waals surface area contributed by atoms with Crippen LogP contribution >= 0.6 is 0 Å². The number of Topliss-reactive ketones (excluding diaryl/α,β-unsaturated/α-hetero) is 1. The molecule has 6 nitrogen and oxygen atoms in total. The Morgan fingerprint density at radius 1 is 1.22 bits per heavy atom. The Labute approximate surface area is 134 Å². The van der Waals surface area contributed by atoms with Crippen molar-refractivity contribution in [2.24, 2.45) is 0 Å². The first kappa shape index (κ1) is 15.7. The Bertz CT molecular complexity index is 689. The van der Waals surface area contributed by atoms with Gasteiger partial charge in [0.05, 0.1) is 25.3 Å². The quantitative estimate of drug-likeness (QED) is 0.391. The van der Waals surface area contributed by atoms with E-state index in [0.717, 1.165) is 50.2 Å². The second kappa shape index (κ2) is 7.39. The van der Waals surface area contributed by atoms with Crippen molar-refractivity contribution in [3.8, 4) is 0 Å². The van der Waals surface area contributed by atoms with Gasteiger partial charge in [0.1, 0.15) is 13.1 Å². The fourth-order valence-corrected chi connectivity index (χ4v) is 2.91. The number of quaternary nitrogens is 1. The summed E-state index contributed by atoms with van der Waals surface area (Å²) in [5, 5.41) is 3.51. The maximum atomic E-state index is 12.3. The van der Waals surface area contributed by atoms with Crippen LogP contribution < -0.4 is 10.2 Å². The molecule has 1 fully saturated rings. The summed E-state index contributed by atoms with van der Waals surface area (Å²) in [5.74, 6) is -1.02. The second-order valence-electron chi connectivity index (χ2n) is 5.80. The predicted molar refractivity (Wildman–Crippen MR) is 86.6 cm³/mol. The molecule has 0 unspecified atom stereocenters. The molecule has 0 spiro atoms. The predicted octanol–water partition coefficient (Wildman–Crippen LogP) is -0.228. The highest BCUT2D eigenvalue weighted by molar-refractivity contribution is 6.44. The molecule has 0 saturated carbocycles. The molecular formula is C17H22N3O3+. The van der Waals surface area contributed by atoms with Crippen molar-refractivity contribution < 1.29 is 19.2 Å². The first-order valence-electron chi connectivity index (χ1n) is 8.05. The minimum Gasteiger partial charge on any atom is -0.370 e.